The molecule has 2 N–H and O–H groups in total. The molecule has 0 saturated carbocycles. The number of benzene rings is 2. The predicted molar refractivity (Wildman–Crippen MR) is 89.2 cm³/mol. The number of amides is 1. The number of hydrogen-bond acceptors (Lipinski definition) is 2. The fourth-order valence-corrected chi connectivity index (χ4v) is 2.34. The molecule has 0 saturated heterocycles. The first-order valence-electron chi connectivity index (χ1n) is 6.85. The van der Waals surface area contributed by atoms with E-state index in [1.165, 1.54) is 0 Å². The smallest absolute Gasteiger partial charge is 0.244 e. The van der Waals surface area contributed by atoms with Gasteiger partial charge in [-0.2, -0.15) is 5.10 Å². The first-order valence-corrected chi connectivity index (χ1v) is 7.22. The summed E-state index contributed by atoms with van der Waals surface area (Å²) < 4.78 is 0. The van der Waals surface area contributed by atoms with Crippen molar-refractivity contribution in [2.24, 2.45) is 5.10 Å². The van der Waals surface area contributed by atoms with Crippen molar-refractivity contribution in [3.63, 3.8) is 0 Å². The van der Waals surface area contributed by atoms with Gasteiger partial charge in [-0.25, -0.2) is 5.43 Å². The highest BCUT2D eigenvalue weighted by atomic mass is 35.5. The standard InChI is InChI=1S/C17H14ClN3O/c18-14-7-5-12(6-8-14)10-20-21-17(22)9-13-11-19-16-4-2-1-3-15(13)16/h1-8,10-11,19H,9H2,(H,21,22)/b20-10+. The van der Waals surface area contributed by atoms with Gasteiger partial charge in [0.1, 0.15) is 0 Å². The summed E-state index contributed by atoms with van der Waals surface area (Å²) in [6.07, 6.45) is 3.72. The maximum Gasteiger partial charge on any atom is 0.244 e. The lowest BCUT2D eigenvalue weighted by Gasteiger charge is -1.99. The van der Waals surface area contributed by atoms with Crippen LogP contribution in [0, 0.1) is 0 Å². The molecule has 0 atom stereocenters. The first-order chi connectivity index (χ1) is 10.7. The quantitative estimate of drug-likeness (QED) is 0.562. The van der Waals surface area contributed by atoms with E-state index < -0.39 is 0 Å². The van der Waals surface area contributed by atoms with E-state index in [2.05, 4.69) is 15.5 Å². The van der Waals surface area contributed by atoms with Gasteiger partial charge < -0.3 is 4.98 Å². The third-order valence-corrected chi connectivity index (χ3v) is 3.55. The summed E-state index contributed by atoms with van der Waals surface area (Å²) in [5.41, 5.74) is 5.38. The lowest BCUT2D eigenvalue weighted by atomic mass is 10.1. The van der Waals surface area contributed by atoms with E-state index in [-0.39, 0.29) is 12.3 Å². The number of nitrogens with zero attached hydrogens (tertiary/aromatic N) is 1. The highest BCUT2D eigenvalue weighted by molar-refractivity contribution is 6.30. The minimum Gasteiger partial charge on any atom is -0.361 e. The molecule has 3 aromatic rings. The van der Waals surface area contributed by atoms with Gasteiger partial charge in [0.05, 0.1) is 12.6 Å². The zero-order valence-electron chi connectivity index (χ0n) is 11.7. The number of aromatic nitrogens is 1. The molecule has 0 fully saturated rings. The van der Waals surface area contributed by atoms with E-state index in [0.29, 0.717) is 5.02 Å². The minimum absolute atomic E-state index is 0.157. The number of halogens is 1. The van der Waals surface area contributed by atoms with Crippen LogP contribution in [0.15, 0.2) is 59.8 Å². The predicted octanol–water partition coefficient (Wildman–Crippen LogP) is 3.51. The summed E-state index contributed by atoms with van der Waals surface area (Å²) >= 11 is 5.81. The molecule has 2 aromatic carbocycles. The maximum atomic E-state index is 11.9. The molecule has 1 aromatic heterocycles. The Bertz CT molecular complexity index is 821. The molecule has 0 aliphatic carbocycles. The molecule has 0 bridgehead atoms. The second-order valence-corrected chi connectivity index (χ2v) is 5.32. The monoisotopic (exact) mass is 311 g/mol. The van der Waals surface area contributed by atoms with Crippen LogP contribution < -0.4 is 5.43 Å². The van der Waals surface area contributed by atoms with Crippen LogP contribution >= 0.6 is 11.6 Å². The van der Waals surface area contributed by atoms with Gasteiger partial charge in [-0.3, -0.25) is 4.79 Å². The van der Waals surface area contributed by atoms with Gasteiger partial charge in [-0.1, -0.05) is 41.9 Å². The average molecular weight is 312 g/mol. The minimum atomic E-state index is -0.157. The molecule has 0 aliphatic heterocycles. The Balaban J connectivity index is 1.62. The molecule has 4 nitrogen and oxygen atoms in total. The number of rotatable bonds is 4. The lowest BCUT2D eigenvalue weighted by molar-refractivity contribution is -0.120. The van der Waals surface area contributed by atoms with Gasteiger partial charge in [-0.05, 0) is 29.3 Å². The second-order valence-electron chi connectivity index (χ2n) is 4.88. The number of hydrazone groups is 1. The van der Waals surface area contributed by atoms with Crippen molar-refractivity contribution in [3.8, 4) is 0 Å². The van der Waals surface area contributed by atoms with Gasteiger partial charge in [-0.15, -0.1) is 0 Å². The fraction of sp³-hybridized carbons (Fsp3) is 0.0588. The summed E-state index contributed by atoms with van der Waals surface area (Å²) in [6.45, 7) is 0. The Hall–Kier alpha value is -2.59. The summed E-state index contributed by atoms with van der Waals surface area (Å²) in [6, 6.07) is 15.1. The summed E-state index contributed by atoms with van der Waals surface area (Å²) in [4.78, 5) is 15.1. The highest BCUT2D eigenvalue weighted by Gasteiger charge is 2.07. The van der Waals surface area contributed by atoms with Gasteiger partial charge in [0, 0.05) is 22.1 Å². The van der Waals surface area contributed by atoms with Gasteiger partial charge in [0.15, 0.2) is 0 Å². The molecule has 0 aliphatic rings. The highest BCUT2D eigenvalue weighted by Crippen LogP contribution is 2.17. The van der Waals surface area contributed by atoms with Crippen LogP contribution in [0.2, 0.25) is 5.02 Å². The Morgan fingerprint density at radius 3 is 2.77 bits per heavy atom. The molecule has 1 amide bonds. The second kappa shape index (κ2) is 6.45. The molecule has 5 heteroatoms. The van der Waals surface area contributed by atoms with E-state index in [4.69, 9.17) is 11.6 Å². The Morgan fingerprint density at radius 2 is 1.95 bits per heavy atom. The third kappa shape index (κ3) is 3.35. The number of carbonyl (C=O) groups is 1. The lowest BCUT2D eigenvalue weighted by Crippen LogP contribution is -2.19. The van der Waals surface area contributed by atoms with E-state index in [0.717, 1.165) is 22.0 Å². The average Bonchev–Trinajstić information content (AvgIpc) is 2.93. The number of fused-ring (bicyclic) bond motifs is 1. The normalized spacial score (nSPS) is 11.1. The van der Waals surface area contributed by atoms with Crippen LogP contribution in [0.1, 0.15) is 11.1 Å². The van der Waals surface area contributed by atoms with Gasteiger partial charge in [0.25, 0.3) is 0 Å². The fourth-order valence-electron chi connectivity index (χ4n) is 2.22. The van der Waals surface area contributed by atoms with E-state index in [9.17, 15) is 4.79 Å². The van der Waals surface area contributed by atoms with Crippen molar-refractivity contribution in [2.75, 3.05) is 0 Å². The van der Waals surface area contributed by atoms with Crippen molar-refractivity contribution < 1.29 is 4.79 Å². The summed E-state index contributed by atoms with van der Waals surface area (Å²) in [5.74, 6) is -0.157. The largest absolute Gasteiger partial charge is 0.361 e. The summed E-state index contributed by atoms with van der Waals surface area (Å²) in [7, 11) is 0. The van der Waals surface area contributed by atoms with E-state index in [1.54, 1.807) is 18.3 Å². The number of hydrogen-bond donors (Lipinski definition) is 2. The van der Waals surface area contributed by atoms with Crippen molar-refractivity contribution in [2.45, 2.75) is 6.42 Å². The number of nitrogens with one attached hydrogen (secondary N) is 2. The number of carbonyl (C=O) groups excluding carboxylic acids is 1. The molecule has 0 unspecified atom stereocenters. The molecule has 0 radical (unpaired) electrons. The molecule has 110 valence electrons. The van der Waals surface area contributed by atoms with Crippen LogP contribution in [-0.4, -0.2) is 17.1 Å². The summed E-state index contributed by atoms with van der Waals surface area (Å²) in [5, 5.41) is 5.68. The first kappa shape index (κ1) is 14.4. The van der Waals surface area contributed by atoms with E-state index in [1.807, 2.05) is 42.6 Å². The van der Waals surface area contributed by atoms with Crippen molar-refractivity contribution in [1.29, 1.82) is 0 Å². The van der Waals surface area contributed by atoms with Crippen molar-refractivity contribution in [1.82, 2.24) is 10.4 Å². The molecular weight excluding hydrogens is 298 g/mol. The Kier molecular flexibility index (Phi) is 4.21. The molecule has 22 heavy (non-hydrogen) atoms. The third-order valence-electron chi connectivity index (χ3n) is 3.30. The molecule has 1 heterocycles. The van der Waals surface area contributed by atoms with Gasteiger partial charge in [0.2, 0.25) is 5.91 Å². The van der Waals surface area contributed by atoms with Crippen LogP contribution in [0.25, 0.3) is 10.9 Å². The molecular formula is C17H14ClN3O. The Labute approximate surface area is 132 Å². The molecule has 3 rings (SSSR count). The van der Waals surface area contributed by atoms with Crippen LogP contribution in [0.4, 0.5) is 0 Å². The van der Waals surface area contributed by atoms with Crippen LogP contribution in [-0.2, 0) is 11.2 Å². The number of H-pyrrole nitrogens is 1. The number of para-hydroxylation sites is 1. The van der Waals surface area contributed by atoms with Crippen molar-refractivity contribution >= 4 is 34.6 Å². The van der Waals surface area contributed by atoms with Crippen LogP contribution in [0.3, 0.4) is 0 Å². The SMILES string of the molecule is O=C(Cc1c[nH]c2ccccc12)N/N=C/c1ccc(Cl)cc1. The van der Waals surface area contributed by atoms with Gasteiger partial charge >= 0.3 is 0 Å². The van der Waals surface area contributed by atoms with E-state index >= 15 is 0 Å². The van der Waals surface area contributed by atoms with Crippen molar-refractivity contribution in [3.05, 3.63) is 70.9 Å². The van der Waals surface area contributed by atoms with Crippen LogP contribution in [0.5, 0.6) is 0 Å². The number of aromatic amines is 1. The molecule has 0 spiro atoms. The maximum absolute atomic E-state index is 11.9. The Morgan fingerprint density at radius 1 is 1.18 bits per heavy atom. The zero-order valence-corrected chi connectivity index (χ0v) is 12.5. The topological polar surface area (TPSA) is 57.2 Å². The zero-order chi connectivity index (χ0) is 15.4.